The fourth-order valence-corrected chi connectivity index (χ4v) is 3.69. The first-order valence-electron chi connectivity index (χ1n) is 7.60. The van der Waals surface area contributed by atoms with E-state index in [2.05, 4.69) is 12.2 Å². The van der Waals surface area contributed by atoms with Crippen LogP contribution in [-0.4, -0.2) is 24.3 Å². The summed E-state index contributed by atoms with van der Waals surface area (Å²) in [6.07, 6.45) is 12.0. The third kappa shape index (κ3) is 3.45. The van der Waals surface area contributed by atoms with Crippen molar-refractivity contribution in [3.8, 4) is 0 Å². The summed E-state index contributed by atoms with van der Waals surface area (Å²) in [6.45, 7) is 3.74. The zero-order chi connectivity index (χ0) is 12.1. The van der Waals surface area contributed by atoms with Crippen LogP contribution < -0.4 is 5.32 Å². The van der Waals surface area contributed by atoms with Gasteiger partial charge in [0.15, 0.2) is 0 Å². The number of aliphatic hydroxyl groups excluding tert-OH is 1. The van der Waals surface area contributed by atoms with Gasteiger partial charge in [-0.2, -0.15) is 0 Å². The predicted octanol–water partition coefficient (Wildman–Crippen LogP) is 3.10. The maximum atomic E-state index is 9.68. The number of hydrogen-bond acceptors (Lipinski definition) is 2. The molecule has 2 aliphatic rings. The smallest absolute Gasteiger partial charge is 0.0499 e. The van der Waals surface area contributed by atoms with Gasteiger partial charge in [-0.15, -0.1) is 0 Å². The number of aliphatic hydroxyl groups is 1. The van der Waals surface area contributed by atoms with E-state index in [9.17, 15) is 5.11 Å². The summed E-state index contributed by atoms with van der Waals surface area (Å²) in [5, 5.41) is 13.4. The summed E-state index contributed by atoms with van der Waals surface area (Å²) in [6, 6.07) is 0.642. The van der Waals surface area contributed by atoms with E-state index in [1.165, 1.54) is 57.8 Å². The Morgan fingerprint density at radius 3 is 2.35 bits per heavy atom. The van der Waals surface area contributed by atoms with Crippen LogP contribution in [0.1, 0.15) is 64.7 Å². The Balaban J connectivity index is 1.78. The van der Waals surface area contributed by atoms with Crippen LogP contribution in [0.5, 0.6) is 0 Å². The van der Waals surface area contributed by atoms with Crippen LogP contribution in [-0.2, 0) is 0 Å². The molecule has 0 aromatic rings. The highest BCUT2D eigenvalue weighted by Crippen LogP contribution is 2.36. The van der Waals surface area contributed by atoms with Crippen molar-refractivity contribution < 1.29 is 5.11 Å². The third-order valence-corrected chi connectivity index (χ3v) is 5.16. The standard InChI is InChI=1S/C15H29NO/c1-13(14-7-3-4-8-14)16-11-15(12-17)9-5-2-6-10-15/h13-14,16-17H,2-12H2,1H3/t13-/m1/s1. The molecule has 2 N–H and O–H groups in total. The molecular weight excluding hydrogens is 210 g/mol. The van der Waals surface area contributed by atoms with Gasteiger partial charge in [0.2, 0.25) is 0 Å². The first-order valence-corrected chi connectivity index (χ1v) is 7.60. The molecule has 2 heteroatoms. The summed E-state index contributed by atoms with van der Waals surface area (Å²) in [7, 11) is 0. The molecule has 0 saturated heterocycles. The van der Waals surface area contributed by atoms with Crippen molar-refractivity contribution in [1.82, 2.24) is 5.32 Å². The van der Waals surface area contributed by atoms with Gasteiger partial charge in [-0.05, 0) is 38.5 Å². The van der Waals surface area contributed by atoms with Crippen molar-refractivity contribution in [2.75, 3.05) is 13.2 Å². The summed E-state index contributed by atoms with van der Waals surface area (Å²) >= 11 is 0. The molecule has 2 nitrogen and oxygen atoms in total. The van der Waals surface area contributed by atoms with Crippen LogP contribution in [0.4, 0.5) is 0 Å². The summed E-state index contributed by atoms with van der Waals surface area (Å²) < 4.78 is 0. The molecular formula is C15H29NO. The van der Waals surface area contributed by atoms with Crippen LogP contribution in [0, 0.1) is 11.3 Å². The molecule has 2 fully saturated rings. The highest BCUT2D eigenvalue weighted by Gasteiger charge is 2.32. The van der Waals surface area contributed by atoms with Gasteiger partial charge >= 0.3 is 0 Å². The van der Waals surface area contributed by atoms with Gasteiger partial charge in [0.05, 0.1) is 0 Å². The minimum atomic E-state index is 0.200. The summed E-state index contributed by atoms with van der Waals surface area (Å²) in [5.41, 5.74) is 0.200. The van der Waals surface area contributed by atoms with E-state index in [4.69, 9.17) is 0 Å². The van der Waals surface area contributed by atoms with Crippen LogP contribution in [0.15, 0.2) is 0 Å². The van der Waals surface area contributed by atoms with Crippen molar-refractivity contribution in [2.24, 2.45) is 11.3 Å². The van der Waals surface area contributed by atoms with E-state index < -0.39 is 0 Å². The minimum absolute atomic E-state index is 0.200. The maximum absolute atomic E-state index is 9.68. The van der Waals surface area contributed by atoms with Gasteiger partial charge in [-0.1, -0.05) is 32.1 Å². The molecule has 2 saturated carbocycles. The van der Waals surface area contributed by atoms with Crippen molar-refractivity contribution in [3.05, 3.63) is 0 Å². The SMILES string of the molecule is C[C@@H](NCC1(CO)CCCCC1)C1CCCC1. The number of rotatable bonds is 5. The lowest BCUT2D eigenvalue weighted by Crippen LogP contribution is -2.44. The lowest BCUT2D eigenvalue weighted by Gasteiger charge is -2.37. The third-order valence-electron chi connectivity index (χ3n) is 5.16. The molecule has 0 aromatic carbocycles. The monoisotopic (exact) mass is 239 g/mol. The van der Waals surface area contributed by atoms with Crippen LogP contribution in [0.3, 0.4) is 0 Å². The molecule has 17 heavy (non-hydrogen) atoms. The lowest BCUT2D eigenvalue weighted by molar-refractivity contribution is 0.0765. The van der Waals surface area contributed by atoms with Gasteiger partial charge in [-0.25, -0.2) is 0 Å². The fraction of sp³-hybridized carbons (Fsp3) is 1.00. The van der Waals surface area contributed by atoms with Gasteiger partial charge < -0.3 is 10.4 Å². The number of hydrogen-bond donors (Lipinski definition) is 2. The highest BCUT2D eigenvalue weighted by atomic mass is 16.3. The Kier molecular flexibility index (Phi) is 4.87. The van der Waals surface area contributed by atoms with E-state index in [0.29, 0.717) is 12.6 Å². The molecule has 0 aliphatic heterocycles. The molecule has 0 bridgehead atoms. The second kappa shape index (κ2) is 6.19. The zero-order valence-corrected chi connectivity index (χ0v) is 11.4. The van der Waals surface area contributed by atoms with Crippen molar-refractivity contribution in [2.45, 2.75) is 70.8 Å². The summed E-state index contributed by atoms with van der Waals surface area (Å²) in [5.74, 6) is 0.884. The quantitative estimate of drug-likeness (QED) is 0.772. The molecule has 100 valence electrons. The zero-order valence-electron chi connectivity index (χ0n) is 11.4. The second-order valence-corrected chi connectivity index (χ2v) is 6.43. The van der Waals surface area contributed by atoms with Gasteiger partial charge in [0, 0.05) is 24.6 Å². The van der Waals surface area contributed by atoms with E-state index in [0.717, 1.165) is 12.5 Å². The minimum Gasteiger partial charge on any atom is -0.396 e. The predicted molar refractivity (Wildman–Crippen MR) is 72.0 cm³/mol. The Morgan fingerprint density at radius 1 is 1.12 bits per heavy atom. The molecule has 2 aliphatic carbocycles. The summed E-state index contributed by atoms with van der Waals surface area (Å²) in [4.78, 5) is 0. The Hall–Kier alpha value is -0.0800. The van der Waals surface area contributed by atoms with Crippen molar-refractivity contribution >= 4 is 0 Å². The van der Waals surface area contributed by atoms with Crippen LogP contribution in [0.2, 0.25) is 0 Å². The Bertz CT molecular complexity index is 217. The highest BCUT2D eigenvalue weighted by molar-refractivity contribution is 4.87. The first-order chi connectivity index (χ1) is 8.26. The molecule has 0 aromatic heterocycles. The van der Waals surface area contributed by atoms with Gasteiger partial charge in [0.1, 0.15) is 0 Å². The molecule has 0 spiro atoms. The fourth-order valence-electron chi connectivity index (χ4n) is 3.69. The second-order valence-electron chi connectivity index (χ2n) is 6.43. The lowest BCUT2D eigenvalue weighted by atomic mass is 9.74. The molecule has 1 atom stereocenters. The van der Waals surface area contributed by atoms with E-state index in [1.54, 1.807) is 0 Å². The Morgan fingerprint density at radius 2 is 1.76 bits per heavy atom. The number of nitrogens with one attached hydrogen (secondary N) is 1. The van der Waals surface area contributed by atoms with Gasteiger partial charge in [0.25, 0.3) is 0 Å². The molecule has 0 amide bonds. The van der Waals surface area contributed by atoms with E-state index in [1.807, 2.05) is 0 Å². The average molecular weight is 239 g/mol. The van der Waals surface area contributed by atoms with Gasteiger partial charge in [-0.3, -0.25) is 0 Å². The van der Waals surface area contributed by atoms with E-state index in [-0.39, 0.29) is 5.41 Å². The molecule has 0 radical (unpaired) electrons. The van der Waals surface area contributed by atoms with Crippen molar-refractivity contribution in [1.29, 1.82) is 0 Å². The molecule has 2 rings (SSSR count). The van der Waals surface area contributed by atoms with Crippen molar-refractivity contribution in [3.63, 3.8) is 0 Å². The van der Waals surface area contributed by atoms with Crippen LogP contribution in [0.25, 0.3) is 0 Å². The first kappa shape index (κ1) is 13.4. The topological polar surface area (TPSA) is 32.3 Å². The van der Waals surface area contributed by atoms with E-state index >= 15 is 0 Å². The normalized spacial score (nSPS) is 27.2. The maximum Gasteiger partial charge on any atom is 0.0499 e. The molecule has 0 unspecified atom stereocenters. The average Bonchev–Trinajstić information content (AvgIpc) is 2.91. The largest absolute Gasteiger partial charge is 0.396 e. The molecule has 0 heterocycles. The Labute approximate surface area is 106 Å². The van der Waals surface area contributed by atoms with Crippen LogP contribution >= 0.6 is 0 Å².